The molecule has 0 unspecified atom stereocenters. The summed E-state index contributed by atoms with van der Waals surface area (Å²) in [6.45, 7) is 2.25. The number of benzene rings is 2. The van der Waals surface area contributed by atoms with E-state index in [4.69, 9.17) is 14.5 Å². The fourth-order valence-electron chi connectivity index (χ4n) is 3.31. The first-order valence-electron chi connectivity index (χ1n) is 8.62. The number of rotatable bonds is 4. The summed E-state index contributed by atoms with van der Waals surface area (Å²) in [7, 11) is 0. The summed E-state index contributed by atoms with van der Waals surface area (Å²) >= 11 is 1.46. The van der Waals surface area contributed by atoms with Crippen LogP contribution in [-0.2, 0) is 0 Å². The molecule has 0 saturated heterocycles. The molecule has 1 aliphatic heterocycles. The van der Waals surface area contributed by atoms with E-state index in [9.17, 15) is 4.79 Å². The number of aromatic amines is 1. The van der Waals surface area contributed by atoms with Crippen LogP contribution in [-0.4, -0.2) is 28.3 Å². The number of thioether (sulfide) groups is 1. The average molecular weight is 376 g/mol. The molecule has 3 heterocycles. The zero-order valence-electron chi connectivity index (χ0n) is 14.6. The number of H-pyrrole nitrogens is 1. The lowest BCUT2D eigenvalue weighted by Crippen LogP contribution is -2.02. The molecule has 0 bridgehead atoms. The normalized spacial score (nSPS) is 12.8. The number of aryl methyl sites for hydroxylation is 1. The molecule has 4 aromatic rings. The van der Waals surface area contributed by atoms with Crippen molar-refractivity contribution in [3.05, 3.63) is 59.8 Å². The smallest absolute Gasteiger partial charge is 0.231 e. The number of hydrogen-bond donors (Lipinski definition) is 1. The van der Waals surface area contributed by atoms with Gasteiger partial charge in [0.15, 0.2) is 17.3 Å². The van der Waals surface area contributed by atoms with Crippen LogP contribution in [0.5, 0.6) is 11.5 Å². The molecule has 134 valence electrons. The van der Waals surface area contributed by atoms with Crippen LogP contribution in [0, 0.1) is 6.92 Å². The largest absolute Gasteiger partial charge is 0.454 e. The summed E-state index contributed by atoms with van der Waals surface area (Å²) in [5.41, 5.74) is 3.58. The van der Waals surface area contributed by atoms with E-state index in [1.54, 1.807) is 6.20 Å². The highest BCUT2D eigenvalue weighted by Crippen LogP contribution is 2.37. The van der Waals surface area contributed by atoms with E-state index in [-0.39, 0.29) is 12.6 Å². The maximum absolute atomic E-state index is 12.7. The van der Waals surface area contributed by atoms with Gasteiger partial charge in [-0.2, -0.15) is 0 Å². The Kier molecular flexibility index (Phi) is 3.79. The number of carbonyl (C=O) groups excluding carboxylic acids is 1. The monoisotopic (exact) mass is 376 g/mol. The Morgan fingerprint density at radius 2 is 2.00 bits per heavy atom. The van der Waals surface area contributed by atoms with Crippen LogP contribution >= 0.6 is 11.8 Å². The van der Waals surface area contributed by atoms with Crippen LogP contribution in [0.25, 0.3) is 21.8 Å². The van der Waals surface area contributed by atoms with Crippen LogP contribution in [0.1, 0.15) is 15.9 Å². The maximum atomic E-state index is 12.7. The molecular formula is C21H16N2O3S. The van der Waals surface area contributed by atoms with Gasteiger partial charge < -0.3 is 14.5 Å². The van der Waals surface area contributed by atoms with Gasteiger partial charge in [-0.25, -0.2) is 4.98 Å². The first kappa shape index (κ1) is 16.2. The minimum Gasteiger partial charge on any atom is -0.454 e. The first-order chi connectivity index (χ1) is 13.2. The molecule has 0 atom stereocenters. The number of fused-ring (bicyclic) bond motifs is 3. The third-order valence-corrected chi connectivity index (χ3v) is 5.78. The SMILES string of the molecule is Cc1cc2cc3c(cc2nc1SCC(=O)c1c[nH]c2ccccc12)OCO3. The number of ketones is 1. The summed E-state index contributed by atoms with van der Waals surface area (Å²) in [4.78, 5) is 20.6. The molecule has 1 aliphatic rings. The van der Waals surface area contributed by atoms with Crippen molar-refractivity contribution < 1.29 is 14.3 Å². The number of nitrogens with zero attached hydrogens (tertiary/aromatic N) is 1. The van der Waals surface area contributed by atoms with Gasteiger partial charge in [0.2, 0.25) is 6.79 Å². The Hall–Kier alpha value is -2.99. The number of carbonyl (C=O) groups is 1. The van der Waals surface area contributed by atoms with E-state index < -0.39 is 0 Å². The van der Waals surface area contributed by atoms with Gasteiger partial charge in [-0.3, -0.25) is 4.79 Å². The lowest BCUT2D eigenvalue weighted by molar-refractivity contribution is 0.102. The molecule has 5 rings (SSSR count). The Balaban J connectivity index is 1.42. The fourth-order valence-corrected chi connectivity index (χ4v) is 4.18. The quantitative estimate of drug-likeness (QED) is 0.412. The summed E-state index contributed by atoms with van der Waals surface area (Å²) in [5.74, 6) is 1.89. The van der Waals surface area contributed by atoms with Crippen LogP contribution < -0.4 is 9.47 Å². The van der Waals surface area contributed by atoms with E-state index in [1.165, 1.54) is 11.8 Å². The van der Waals surface area contributed by atoms with Gasteiger partial charge >= 0.3 is 0 Å². The summed E-state index contributed by atoms with van der Waals surface area (Å²) in [6, 6.07) is 13.7. The van der Waals surface area contributed by atoms with Crippen molar-refractivity contribution in [2.24, 2.45) is 0 Å². The van der Waals surface area contributed by atoms with Gasteiger partial charge in [-0.15, -0.1) is 0 Å². The van der Waals surface area contributed by atoms with Crippen molar-refractivity contribution in [2.45, 2.75) is 11.9 Å². The molecule has 0 fully saturated rings. The highest BCUT2D eigenvalue weighted by Gasteiger charge is 2.17. The number of aromatic nitrogens is 2. The highest BCUT2D eigenvalue weighted by atomic mass is 32.2. The third-order valence-electron chi connectivity index (χ3n) is 4.68. The van der Waals surface area contributed by atoms with E-state index >= 15 is 0 Å². The predicted molar refractivity (Wildman–Crippen MR) is 106 cm³/mol. The van der Waals surface area contributed by atoms with Crippen molar-refractivity contribution in [2.75, 3.05) is 12.5 Å². The van der Waals surface area contributed by atoms with Gasteiger partial charge in [0.25, 0.3) is 0 Å². The lowest BCUT2D eigenvalue weighted by atomic mass is 10.1. The molecule has 0 saturated carbocycles. The standard InChI is InChI=1S/C21H16N2O3S/c1-12-6-13-7-19-20(26-11-25-19)8-17(13)23-21(12)27-10-18(24)15-9-22-16-5-3-2-4-14(15)16/h2-9,22H,10-11H2,1H3. The first-order valence-corrected chi connectivity index (χ1v) is 9.61. The van der Waals surface area contributed by atoms with Crippen LogP contribution in [0.4, 0.5) is 0 Å². The van der Waals surface area contributed by atoms with E-state index in [0.29, 0.717) is 11.5 Å². The second-order valence-corrected chi connectivity index (χ2v) is 7.43. The number of nitrogens with one attached hydrogen (secondary N) is 1. The molecule has 0 aliphatic carbocycles. The minimum absolute atomic E-state index is 0.0874. The predicted octanol–water partition coefficient (Wildman–Crippen LogP) is 4.73. The molecule has 5 nitrogen and oxygen atoms in total. The fraction of sp³-hybridized carbons (Fsp3) is 0.143. The summed E-state index contributed by atoms with van der Waals surface area (Å²) in [5, 5.41) is 2.82. The van der Waals surface area contributed by atoms with Gasteiger partial charge in [-0.05, 0) is 30.7 Å². The van der Waals surface area contributed by atoms with Gasteiger partial charge in [0, 0.05) is 34.1 Å². The van der Waals surface area contributed by atoms with E-state index in [2.05, 4.69) is 11.1 Å². The molecule has 0 amide bonds. The Labute approximate surface area is 159 Å². The van der Waals surface area contributed by atoms with Gasteiger partial charge in [0.05, 0.1) is 11.3 Å². The maximum Gasteiger partial charge on any atom is 0.231 e. The molecular weight excluding hydrogens is 360 g/mol. The number of pyridine rings is 1. The summed E-state index contributed by atoms with van der Waals surface area (Å²) < 4.78 is 10.9. The van der Waals surface area contributed by atoms with Crippen LogP contribution in [0.2, 0.25) is 0 Å². The molecule has 0 spiro atoms. The molecule has 0 radical (unpaired) electrons. The zero-order chi connectivity index (χ0) is 18.4. The van der Waals surface area contributed by atoms with Crippen molar-refractivity contribution in [1.82, 2.24) is 9.97 Å². The van der Waals surface area contributed by atoms with E-state index in [0.717, 1.165) is 43.7 Å². The summed E-state index contributed by atoms with van der Waals surface area (Å²) in [6.07, 6.45) is 1.79. The Morgan fingerprint density at radius 1 is 1.19 bits per heavy atom. The zero-order valence-corrected chi connectivity index (χ0v) is 15.4. The Bertz CT molecular complexity index is 1200. The lowest BCUT2D eigenvalue weighted by Gasteiger charge is -2.07. The average Bonchev–Trinajstić information content (AvgIpc) is 3.30. The van der Waals surface area contributed by atoms with Gasteiger partial charge in [-0.1, -0.05) is 30.0 Å². The van der Waals surface area contributed by atoms with Crippen molar-refractivity contribution in [3.8, 4) is 11.5 Å². The number of ether oxygens (including phenoxy) is 2. The van der Waals surface area contributed by atoms with Crippen LogP contribution in [0.15, 0.2) is 53.7 Å². The van der Waals surface area contributed by atoms with Gasteiger partial charge in [0.1, 0.15) is 5.03 Å². The molecule has 1 N–H and O–H groups in total. The Morgan fingerprint density at radius 3 is 2.89 bits per heavy atom. The van der Waals surface area contributed by atoms with Crippen LogP contribution in [0.3, 0.4) is 0 Å². The topological polar surface area (TPSA) is 64.2 Å². The van der Waals surface area contributed by atoms with E-state index in [1.807, 2.05) is 43.3 Å². The van der Waals surface area contributed by atoms with Crippen molar-refractivity contribution in [3.63, 3.8) is 0 Å². The third kappa shape index (κ3) is 2.82. The minimum atomic E-state index is 0.0874. The number of para-hydroxylation sites is 1. The number of Topliss-reactive ketones (excluding diaryl/α,β-unsaturated/α-hetero) is 1. The second kappa shape index (κ2) is 6.32. The molecule has 2 aromatic carbocycles. The van der Waals surface area contributed by atoms with Crippen molar-refractivity contribution >= 4 is 39.4 Å². The molecule has 2 aromatic heterocycles. The van der Waals surface area contributed by atoms with Crippen molar-refractivity contribution in [1.29, 1.82) is 0 Å². The second-order valence-electron chi connectivity index (χ2n) is 6.47. The molecule has 27 heavy (non-hydrogen) atoms. The molecule has 6 heteroatoms. The number of hydrogen-bond acceptors (Lipinski definition) is 5. The highest BCUT2D eigenvalue weighted by molar-refractivity contribution is 8.00.